The first kappa shape index (κ1) is 15.1. The number of nitrogens with zero attached hydrogens (tertiary/aromatic N) is 3. The third-order valence-electron chi connectivity index (χ3n) is 4.32. The average molecular weight is 277 g/mol. The van der Waals surface area contributed by atoms with E-state index in [-0.39, 0.29) is 5.92 Å². The molecule has 1 amide bonds. The van der Waals surface area contributed by atoms with Gasteiger partial charge in [0.1, 0.15) is 0 Å². The topological polar surface area (TPSA) is 38.1 Å². The molecule has 20 heavy (non-hydrogen) atoms. The minimum absolute atomic E-state index is 0.234. The minimum Gasteiger partial charge on any atom is -0.342 e. The lowest BCUT2D eigenvalue weighted by Gasteiger charge is -2.23. The molecule has 112 valence electrons. The maximum absolute atomic E-state index is 12.6. The van der Waals surface area contributed by atoms with Crippen LogP contribution in [0, 0.1) is 5.92 Å². The zero-order valence-corrected chi connectivity index (χ0v) is 13.0. The van der Waals surface area contributed by atoms with E-state index in [0.29, 0.717) is 11.8 Å². The summed E-state index contributed by atoms with van der Waals surface area (Å²) in [6.07, 6.45) is 9.33. The Kier molecular flexibility index (Phi) is 5.21. The van der Waals surface area contributed by atoms with Crippen molar-refractivity contribution in [1.29, 1.82) is 0 Å². The number of amides is 1. The Bertz CT molecular complexity index is 435. The molecule has 4 heteroatoms. The van der Waals surface area contributed by atoms with E-state index in [4.69, 9.17) is 0 Å². The van der Waals surface area contributed by atoms with Gasteiger partial charge in [0.15, 0.2) is 0 Å². The van der Waals surface area contributed by atoms with Crippen LogP contribution in [0.1, 0.15) is 57.4 Å². The molecule has 0 radical (unpaired) electrons. The van der Waals surface area contributed by atoms with Gasteiger partial charge in [0, 0.05) is 38.2 Å². The van der Waals surface area contributed by atoms with E-state index in [1.165, 1.54) is 5.56 Å². The first-order chi connectivity index (χ1) is 9.65. The Labute approximate surface area is 122 Å². The maximum atomic E-state index is 12.6. The molecule has 0 bridgehead atoms. The summed E-state index contributed by atoms with van der Waals surface area (Å²) >= 11 is 0. The van der Waals surface area contributed by atoms with Crippen molar-refractivity contribution in [2.24, 2.45) is 13.0 Å². The normalized spacial score (nSPS) is 19.0. The first-order valence-electron chi connectivity index (χ1n) is 7.93. The fourth-order valence-electron chi connectivity index (χ4n) is 3.23. The molecule has 0 saturated carbocycles. The number of aromatic nitrogens is 2. The number of carbonyl (C=O) groups excluding carboxylic acids is 1. The number of hydrogen-bond acceptors (Lipinski definition) is 2. The SMILES string of the molecule is CCCC(CCC)C(=O)N1CCC(c2cnn(C)c2)C1. The highest BCUT2D eigenvalue weighted by atomic mass is 16.2. The van der Waals surface area contributed by atoms with Crippen LogP contribution in [0.15, 0.2) is 12.4 Å². The Morgan fingerprint density at radius 2 is 2.10 bits per heavy atom. The predicted octanol–water partition coefficient (Wildman–Crippen LogP) is 2.95. The Balaban J connectivity index is 1.95. The number of aryl methyl sites for hydroxylation is 1. The number of rotatable bonds is 6. The zero-order chi connectivity index (χ0) is 14.5. The van der Waals surface area contributed by atoms with Crippen molar-refractivity contribution in [2.45, 2.75) is 51.9 Å². The second kappa shape index (κ2) is 6.91. The minimum atomic E-state index is 0.234. The molecule has 1 unspecified atom stereocenters. The van der Waals surface area contributed by atoms with Crippen molar-refractivity contribution in [1.82, 2.24) is 14.7 Å². The summed E-state index contributed by atoms with van der Waals surface area (Å²) in [6, 6.07) is 0. The molecular weight excluding hydrogens is 250 g/mol. The van der Waals surface area contributed by atoms with Gasteiger partial charge in [0.05, 0.1) is 6.20 Å². The molecule has 1 saturated heterocycles. The van der Waals surface area contributed by atoms with Crippen molar-refractivity contribution in [2.75, 3.05) is 13.1 Å². The molecule has 1 atom stereocenters. The van der Waals surface area contributed by atoms with Gasteiger partial charge in [-0.1, -0.05) is 26.7 Å². The Morgan fingerprint density at radius 3 is 2.65 bits per heavy atom. The van der Waals surface area contributed by atoms with Crippen LogP contribution in [0.25, 0.3) is 0 Å². The van der Waals surface area contributed by atoms with Crippen molar-refractivity contribution in [3.05, 3.63) is 18.0 Å². The third-order valence-corrected chi connectivity index (χ3v) is 4.32. The number of carbonyl (C=O) groups is 1. The highest BCUT2D eigenvalue weighted by Gasteiger charge is 2.31. The van der Waals surface area contributed by atoms with Crippen LogP contribution < -0.4 is 0 Å². The van der Waals surface area contributed by atoms with Gasteiger partial charge in [-0.3, -0.25) is 9.48 Å². The van der Waals surface area contributed by atoms with Crippen LogP contribution in [-0.4, -0.2) is 33.7 Å². The van der Waals surface area contributed by atoms with Gasteiger partial charge >= 0.3 is 0 Å². The molecule has 0 N–H and O–H groups in total. The van der Waals surface area contributed by atoms with E-state index in [0.717, 1.165) is 45.2 Å². The van der Waals surface area contributed by atoms with Gasteiger partial charge in [0.25, 0.3) is 0 Å². The molecule has 2 rings (SSSR count). The summed E-state index contributed by atoms with van der Waals surface area (Å²) in [6.45, 7) is 6.10. The van der Waals surface area contributed by atoms with Gasteiger partial charge in [-0.2, -0.15) is 5.10 Å². The molecule has 2 heterocycles. The van der Waals surface area contributed by atoms with Gasteiger partial charge in [-0.15, -0.1) is 0 Å². The standard InChI is InChI=1S/C16H27N3O/c1-4-6-13(7-5-2)16(20)19-9-8-14(12-19)15-10-17-18(3)11-15/h10-11,13-14H,4-9,12H2,1-3H3. The summed E-state index contributed by atoms with van der Waals surface area (Å²) < 4.78 is 1.84. The molecule has 0 spiro atoms. The molecule has 1 fully saturated rings. The fourth-order valence-corrected chi connectivity index (χ4v) is 3.23. The second-order valence-corrected chi connectivity index (χ2v) is 5.99. The van der Waals surface area contributed by atoms with E-state index in [1.807, 2.05) is 17.9 Å². The van der Waals surface area contributed by atoms with Crippen LogP contribution in [0.4, 0.5) is 0 Å². The lowest BCUT2D eigenvalue weighted by atomic mass is 9.96. The Morgan fingerprint density at radius 1 is 1.40 bits per heavy atom. The van der Waals surface area contributed by atoms with Crippen molar-refractivity contribution in [3.63, 3.8) is 0 Å². The molecule has 0 aromatic carbocycles. The van der Waals surface area contributed by atoms with E-state index in [9.17, 15) is 4.79 Å². The van der Waals surface area contributed by atoms with Gasteiger partial charge in [-0.05, 0) is 24.8 Å². The highest BCUT2D eigenvalue weighted by molar-refractivity contribution is 5.79. The summed E-state index contributed by atoms with van der Waals surface area (Å²) in [5.41, 5.74) is 1.27. The van der Waals surface area contributed by atoms with Crippen LogP contribution in [0.5, 0.6) is 0 Å². The molecular formula is C16H27N3O. The molecule has 4 nitrogen and oxygen atoms in total. The third kappa shape index (κ3) is 3.41. The largest absolute Gasteiger partial charge is 0.342 e. The smallest absolute Gasteiger partial charge is 0.225 e. The summed E-state index contributed by atoms with van der Waals surface area (Å²) in [4.78, 5) is 14.7. The summed E-state index contributed by atoms with van der Waals surface area (Å²) in [7, 11) is 1.94. The molecule has 1 aromatic heterocycles. The van der Waals surface area contributed by atoms with Gasteiger partial charge < -0.3 is 4.90 Å². The van der Waals surface area contributed by atoms with Gasteiger partial charge in [-0.25, -0.2) is 0 Å². The quantitative estimate of drug-likeness (QED) is 0.802. The molecule has 1 aliphatic rings. The number of hydrogen-bond donors (Lipinski definition) is 0. The fraction of sp³-hybridized carbons (Fsp3) is 0.750. The van der Waals surface area contributed by atoms with Crippen molar-refractivity contribution < 1.29 is 4.79 Å². The van der Waals surface area contributed by atoms with Crippen molar-refractivity contribution >= 4 is 5.91 Å². The molecule has 1 aromatic rings. The van der Waals surface area contributed by atoms with E-state index < -0.39 is 0 Å². The molecule has 1 aliphatic heterocycles. The maximum Gasteiger partial charge on any atom is 0.225 e. The lowest BCUT2D eigenvalue weighted by molar-refractivity contribution is -0.135. The Hall–Kier alpha value is -1.32. The predicted molar refractivity (Wildman–Crippen MR) is 80.5 cm³/mol. The van der Waals surface area contributed by atoms with E-state index >= 15 is 0 Å². The van der Waals surface area contributed by atoms with Crippen LogP contribution in [0.3, 0.4) is 0 Å². The number of likely N-dealkylation sites (tertiary alicyclic amines) is 1. The summed E-state index contributed by atoms with van der Waals surface area (Å²) in [5, 5.41) is 4.24. The van der Waals surface area contributed by atoms with Crippen molar-refractivity contribution in [3.8, 4) is 0 Å². The summed E-state index contributed by atoms with van der Waals surface area (Å²) in [5.74, 6) is 1.08. The first-order valence-corrected chi connectivity index (χ1v) is 7.93. The second-order valence-electron chi connectivity index (χ2n) is 5.99. The zero-order valence-electron chi connectivity index (χ0n) is 13.0. The average Bonchev–Trinajstić information content (AvgIpc) is 3.06. The van der Waals surface area contributed by atoms with E-state index in [1.54, 1.807) is 0 Å². The van der Waals surface area contributed by atoms with Crippen LogP contribution >= 0.6 is 0 Å². The van der Waals surface area contributed by atoms with Gasteiger partial charge in [0.2, 0.25) is 5.91 Å². The monoisotopic (exact) mass is 277 g/mol. The van der Waals surface area contributed by atoms with Crippen LogP contribution in [0.2, 0.25) is 0 Å². The molecule has 0 aliphatic carbocycles. The highest BCUT2D eigenvalue weighted by Crippen LogP contribution is 2.29. The van der Waals surface area contributed by atoms with Crippen LogP contribution in [-0.2, 0) is 11.8 Å². The lowest BCUT2D eigenvalue weighted by Crippen LogP contribution is -2.34. The van der Waals surface area contributed by atoms with E-state index in [2.05, 4.69) is 30.0 Å².